The molecule has 0 saturated carbocycles. The number of benzene rings is 1. The van der Waals surface area contributed by atoms with E-state index in [0.29, 0.717) is 5.82 Å². The first-order valence-corrected chi connectivity index (χ1v) is 4.80. The summed E-state index contributed by atoms with van der Waals surface area (Å²) in [5.74, 6) is -0.908. The second-order valence-corrected chi connectivity index (χ2v) is 3.26. The molecule has 17 heavy (non-hydrogen) atoms. The number of carbonyl (C=O) groups is 1. The lowest BCUT2D eigenvalue weighted by Crippen LogP contribution is -2.34. The van der Waals surface area contributed by atoms with Gasteiger partial charge in [0, 0.05) is 5.39 Å². The Morgan fingerprint density at radius 1 is 1.29 bits per heavy atom. The van der Waals surface area contributed by atoms with Gasteiger partial charge in [0.15, 0.2) is 5.82 Å². The monoisotopic (exact) mass is 229 g/mol. The van der Waals surface area contributed by atoms with Gasteiger partial charge in [-0.15, -0.1) is 0 Å². The predicted molar refractivity (Wildman–Crippen MR) is 60.4 cm³/mol. The summed E-state index contributed by atoms with van der Waals surface area (Å²) in [6.07, 6.45) is 1.38. The molecular weight excluding hydrogens is 220 g/mol. The molecule has 0 spiro atoms. The SMILES string of the molecule is C=C(NNc1ncnc2ccccc12)C(=O)[O-]. The summed E-state index contributed by atoms with van der Waals surface area (Å²) in [6.45, 7) is 3.27. The van der Waals surface area contributed by atoms with Gasteiger partial charge in [0.05, 0.1) is 17.2 Å². The number of aromatic nitrogens is 2. The smallest absolute Gasteiger partial charge is 0.155 e. The molecule has 0 atom stereocenters. The number of nitrogens with zero attached hydrogens (tertiary/aromatic N) is 2. The van der Waals surface area contributed by atoms with Gasteiger partial charge in [-0.05, 0) is 12.1 Å². The molecule has 0 saturated heterocycles. The number of para-hydroxylation sites is 1. The molecule has 0 bridgehead atoms. The summed E-state index contributed by atoms with van der Waals surface area (Å²) in [6, 6.07) is 7.34. The second kappa shape index (κ2) is 4.48. The highest BCUT2D eigenvalue weighted by Crippen LogP contribution is 2.17. The molecule has 0 unspecified atom stereocenters. The third kappa shape index (κ3) is 2.31. The van der Waals surface area contributed by atoms with Crippen LogP contribution in [0.3, 0.4) is 0 Å². The molecule has 0 fully saturated rings. The number of hydrogen-bond acceptors (Lipinski definition) is 6. The Kier molecular flexibility index (Phi) is 2.87. The summed E-state index contributed by atoms with van der Waals surface area (Å²) in [5, 5.41) is 11.2. The van der Waals surface area contributed by atoms with Crippen LogP contribution in [-0.4, -0.2) is 15.9 Å². The number of carboxylic acids is 1. The van der Waals surface area contributed by atoms with Gasteiger partial charge in [0.1, 0.15) is 6.33 Å². The zero-order valence-electron chi connectivity index (χ0n) is 8.80. The normalized spacial score (nSPS) is 9.88. The lowest BCUT2D eigenvalue weighted by molar-refractivity contribution is -0.299. The fourth-order valence-corrected chi connectivity index (χ4v) is 1.29. The molecule has 0 aliphatic carbocycles. The molecule has 0 radical (unpaired) electrons. The highest BCUT2D eigenvalue weighted by atomic mass is 16.4. The molecule has 2 rings (SSSR count). The molecular formula is C11H9N4O2-. The number of hydrazine groups is 1. The van der Waals surface area contributed by atoms with Gasteiger partial charge in [-0.25, -0.2) is 9.97 Å². The van der Waals surface area contributed by atoms with Crippen LogP contribution >= 0.6 is 0 Å². The topological polar surface area (TPSA) is 90.0 Å². The zero-order valence-corrected chi connectivity index (χ0v) is 8.80. The molecule has 6 nitrogen and oxygen atoms in total. The van der Waals surface area contributed by atoms with Crippen LogP contribution in [0.5, 0.6) is 0 Å². The van der Waals surface area contributed by atoms with E-state index in [0.717, 1.165) is 10.9 Å². The molecule has 0 amide bonds. The number of rotatable bonds is 4. The van der Waals surface area contributed by atoms with E-state index >= 15 is 0 Å². The van der Waals surface area contributed by atoms with Crippen molar-refractivity contribution < 1.29 is 9.90 Å². The Morgan fingerprint density at radius 2 is 2.06 bits per heavy atom. The van der Waals surface area contributed by atoms with E-state index < -0.39 is 5.97 Å². The van der Waals surface area contributed by atoms with Crippen molar-refractivity contribution in [1.82, 2.24) is 15.4 Å². The number of anilines is 1. The first-order valence-electron chi connectivity index (χ1n) is 4.80. The van der Waals surface area contributed by atoms with Crippen LogP contribution < -0.4 is 16.0 Å². The maximum absolute atomic E-state index is 10.4. The average molecular weight is 229 g/mol. The van der Waals surface area contributed by atoms with Gasteiger partial charge in [-0.3, -0.25) is 10.9 Å². The van der Waals surface area contributed by atoms with Crippen LogP contribution in [-0.2, 0) is 4.79 Å². The molecule has 2 aromatic rings. The third-order valence-electron chi connectivity index (χ3n) is 2.12. The van der Waals surface area contributed by atoms with Crippen LogP contribution in [0.15, 0.2) is 42.9 Å². The zero-order chi connectivity index (χ0) is 12.3. The number of nitrogens with one attached hydrogen (secondary N) is 2. The minimum atomic E-state index is -1.38. The highest BCUT2D eigenvalue weighted by molar-refractivity contribution is 5.89. The van der Waals surface area contributed by atoms with E-state index in [4.69, 9.17) is 0 Å². The summed E-state index contributed by atoms with van der Waals surface area (Å²) >= 11 is 0. The number of hydrogen-bond donors (Lipinski definition) is 2. The molecule has 2 N–H and O–H groups in total. The van der Waals surface area contributed by atoms with E-state index in [9.17, 15) is 9.90 Å². The van der Waals surface area contributed by atoms with E-state index in [2.05, 4.69) is 27.4 Å². The molecule has 6 heteroatoms. The van der Waals surface area contributed by atoms with E-state index in [1.807, 2.05) is 24.3 Å². The van der Waals surface area contributed by atoms with Crippen molar-refractivity contribution in [3.05, 3.63) is 42.9 Å². The maximum atomic E-state index is 10.4. The van der Waals surface area contributed by atoms with Gasteiger partial charge in [0.25, 0.3) is 0 Å². The number of carbonyl (C=O) groups excluding carboxylic acids is 1. The summed E-state index contributed by atoms with van der Waals surface area (Å²) in [5.41, 5.74) is 5.53. The molecule has 1 aromatic carbocycles. The van der Waals surface area contributed by atoms with Crippen molar-refractivity contribution in [2.45, 2.75) is 0 Å². The van der Waals surface area contributed by atoms with Gasteiger partial charge >= 0.3 is 0 Å². The van der Waals surface area contributed by atoms with Gasteiger partial charge in [-0.1, -0.05) is 18.7 Å². The van der Waals surface area contributed by atoms with E-state index in [1.54, 1.807) is 0 Å². The van der Waals surface area contributed by atoms with Gasteiger partial charge in [0.2, 0.25) is 0 Å². The molecule has 0 aliphatic heterocycles. The highest BCUT2D eigenvalue weighted by Gasteiger charge is 2.02. The van der Waals surface area contributed by atoms with E-state index in [-0.39, 0.29) is 5.70 Å². The van der Waals surface area contributed by atoms with E-state index in [1.165, 1.54) is 6.33 Å². The van der Waals surface area contributed by atoms with Crippen molar-refractivity contribution in [2.24, 2.45) is 0 Å². The lowest BCUT2D eigenvalue weighted by Gasteiger charge is -2.12. The Balaban J connectivity index is 2.24. The maximum Gasteiger partial charge on any atom is 0.155 e. The van der Waals surface area contributed by atoms with Crippen molar-refractivity contribution in [2.75, 3.05) is 5.43 Å². The van der Waals surface area contributed by atoms with Crippen LogP contribution in [0.4, 0.5) is 5.82 Å². The predicted octanol–water partition coefficient (Wildman–Crippen LogP) is -0.190. The van der Waals surface area contributed by atoms with Crippen molar-refractivity contribution in [3.63, 3.8) is 0 Å². The fourth-order valence-electron chi connectivity index (χ4n) is 1.29. The van der Waals surface area contributed by atoms with Crippen LogP contribution in [0, 0.1) is 0 Å². The summed E-state index contributed by atoms with van der Waals surface area (Å²) < 4.78 is 0. The second-order valence-electron chi connectivity index (χ2n) is 3.26. The molecule has 86 valence electrons. The Hall–Kier alpha value is -2.63. The quantitative estimate of drug-likeness (QED) is 0.558. The van der Waals surface area contributed by atoms with Crippen molar-refractivity contribution >= 4 is 22.7 Å². The minimum absolute atomic E-state index is 0.271. The third-order valence-corrected chi connectivity index (χ3v) is 2.12. The molecule has 0 aliphatic rings. The summed E-state index contributed by atoms with van der Waals surface area (Å²) in [4.78, 5) is 18.5. The fraction of sp³-hybridized carbons (Fsp3) is 0. The van der Waals surface area contributed by atoms with Crippen LogP contribution in [0.25, 0.3) is 10.9 Å². The first kappa shape index (κ1) is 10.9. The lowest BCUT2D eigenvalue weighted by atomic mass is 10.2. The number of carboxylic acid groups (broad SMARTS) is 1. The Labute approximate surface area is 97.0 Å². The largest absolute Gasteiger partial charge is 0.543 e. The van der Waals surface area contributed by atoms with Crippen molar-refractivity contribution in [1.29, 1.82) is 0 Å². The first-order chi connectivity index (χ1) is 8.18. The minimum Gasteiger partial charge on any atom is -0.543 e. The molecule has 1 aromatic heterocycles. The van der Waals surface area contributed by atoms with Crippen molar-refractivity contribution in [3.8, 4) is 0 Å². The standard InChI is InChI=1S/C11H10N4O2/c1-7(11(16)17)14-15-10-8-4-2-3-5-9(8)12-6-13-10/h2-6,14H,1H2,(H,16,17)(H,12,13,15)/p-1. The van der Waals surface area contributed by atoms with Gasteiger partial charge in [-0.2, -0.15) is 0 Å². The van der Waals surface area contributed by atoms with Gasteiger partial charge < -0.3 is 9.90 Å². The van der Waals surface area contributed by atoms with Crippen LogP contribution in [0.2, 0.25) is 0 Å². The Morgan fingerprint density at radius 3 is 2.82 bits per heavy atom. The number of aliphatic carboxylic acids is 1. The molecule has 1 heterocycles. The summed E-state index contributed by atoms with van der Waals surface area (Å²) in [7, 11) is 0. The average Bonchev–Trinajstić information content (AvgIpc) is 2.35. The van der Waals surface area contributed by atoms with Crippen LogP contribution in [0.1, 0.15) is 0 Å². The number of fused-ring (bicyclic) bond motifs is 1. The Bertz CT molecular complexity index is 577.